The number of hydrogen-bond acceptors (Lipinski definition) is 5. The summed E-state index contributed by atoms with van der Waals surface area (Å²) >= 11 is 0. The lowest BCUT2D eigenvalue weighted by Gasteiger charge is -2.38. The molecule has 2 amide bonds. The second kappa shape index (κ2) is 4.61. The van der Waals surface area contributed by atoms with Crippen molar-refractivity contribution in [2.24, 2.45) is 0 Å². The van der Waals surface area contributed by atoms with E-state index in [4.69, 9.17) is 9.84 Å². The molecule has 0 aliphatic carbocycles. The molecule has 0 saturated carbocycles. The number of rotatable bonds is 2. The molecule has 2 fully saturated rings. The third kappa shape index (κ3) is 2.05. The van der Waals surface area contributed by atoms with Gasteiger partial charge in [0.1, 0.15) is 18.4 Å². The number of alkyl halides is 1. The van der Waals surface area contributed by atoms with Crippen LogP contribution in [0.3, 0.4) is 0 Å². The number of nitrogens with zero attached hydrogens (tertiary/aromatic N) is 1. The SMILES string of the molecule is C[C@@]1(F)C(N2CCC(O)NC2=O)O[C@H](CO)[C@H]1O. The molecule has 2 aliphatic heterocycles. The highest BCUT2D eigenvalue weighted by Gasteiger charge is 2.57. The average molecular weight is 264 g/mol. The highest BCUT2D eigenvalue weighted by molar-refractivity contribution is 5.75. The summed E-state index contributed by atoms with van der Waals surface area (Å²) in [5.74, 6) is 0. The number of hydrogen-bond donors (Lipinski definition) is 4. The molecule has 2 aliphatic rings. The highest BCUT2D eigenvalue weighted by atomic mass is 19.1. The summed E-state index contributed by atoms with van der Waals surface area (Å²) in [5, 5.41) is 30.2. The van der Waals surface area contributed by atoms with Crippen molar-refractivity contribution in [1.82, 2.24) is 10.2 Å². The van der Waals surface area contributed by atoms with E-state index >= 15 is 0 Å². The molecule has 0 bridgehead atoms. The molecule has 0 radical (unpaired) electrons. The Morgan fingerprint density at radius 2 is 2.28 bits per heavy atom. The quantitative estimate of drug-likeness (QED) is 0.487. The monoisotopic (exact) mass is 264 g/mol. The maximum atomic E-state index is 14.4. The first-order valence-corrected chi connectivity index (χ1v) is 5.76. The van der Waals surface area contributed by atoms with Crippen molar-refractivity contribution >= 4 is 6.03 Å². The van der Waals surface area contributed by atoms with Crippen molar-refractivity contribution < 1.29 is 29.2 Å². The molecule has 0 aromatic heterocycles. The molecule has 4 N–H and O–H groups in total. The molecule has 0 aromatic rings. The number of halogens is 1. The van der Waals surface area contributed by atoms with E-state index in [0.717, 1.165) is 11.8 Å². The second-order valence-corrected chi connectivity index (χ2v) is 4.75. The fraction of sp³-hybridized carbons (Fsp3) is 0.900. The van der Waals surface area contributed by atoms with Crippen molar-refractivity contribution in [2.45, 2.75) is 43.7 Å². The Morgan fingerprint density at radius 1 is 1.61 bits per heavy atom. The Morgan fingerprint density at radius 3 is 2.78 bits per heavy atom. The van der Waals surface area contributed by atoms with Gasteiger partial charge in [-0.3, -0.25) is 4.90 Å². The van der Waals surface area contributed by atoms with Crippen LogP contribution in [0.25, 0.3) is 0 Å². The molecular formula is C10H17FN2O5. The van der Waals surface area contributed by atoms with E-state index in [2.05, 4.69) is 5.32 Å². The molecule has 2 saturated heterocycles. The maximum Gasteiger partial charge on any atom is 0.321 e. The fourth-order valence-corrected chi connectivity index (χ4v) is 2.29. The third-order valence-corrected chi connectivity index (χ3v) is 3.37. The Kier molecular flexibility index (Phi) is 3.45. The van der Waals surface area contributed by atoms with Crippen molar-refractivity contribution in [1.29, 1.82) is 0 Å². The molecule has 2 heterocycles. The third-order valence-electron chi connectivity index (χ3n) is 3.37. The summed E-state index contributed by atoms with van der Waals surface area (Å²) in [6, 6.07) is -0.659. The molecule has 5 atom stereocenters. The van der Waals surface area contributed by atoms with E-state index < -0.39 is 43.0 Å². The zero-order valence-electron chi connectivity index (χ0n) is 9.91. The summed E-state index contributed by atoms with van der Waals surface area (Å²) in [7, 11) is 0. The Balaban J connectivity index is 2.15. The van der Waals surface area contributed by atoms with Gasteiger partial charge in [-0.05, 0) is 6.92 Å². The van der Waals surface area contributed by atoms with Gasteiger partial charge in [0, 0.05) is 13.0 Å². The lowest BCUT2D eigenvalue weighted by Crippen LogP contribution is -2.60. The minimum atomic E-state index is -2.17. The molecule has 0 spiro atoms. The van der Waals surface area contributed by atoms with Crippen LogP contribution < -0.4 is 5.32 Å². The molecule has 7 nitrogen and oxygen atoms in total. The summed E-state index contributed by atoms with van der Waals surface area (Å²) in [5.41, 5.74) is -2.17. The first kappa shape index (κ1) is 13.5. The summed E-state index contributed by atoms with van der Waals surface area (Å²) < 4.78 is 19.6. The van der Waals surface area contributed by atoms with Crippen LogP contribution in [0.1, 0.15) is 13.3 Å². The van der Waals surface area contributed by atoms with Gasteiger partial charge in [-0.25, -0.2) is 9.18 Å². The lowest BCUT2D eigenvalue weighted by molar-refractivity contribution is -0.0972. The van der Waals surface area contributed by atoms with Gasteiger partial charge >= 0.3 is 6.03 Å². The van der Waals surface area contributed by atoms with E-state index in [9.17, 15) is 19.4 Å². The first-order chi connectivity index (χ1) is 8.37. The van der Waals surface area contributed by atoms with Gasteiger partial charge in [-0.1, -0.05) is 0 Å². The van der Waals surface area contributed by atoms with E-state index in [-0.39, 0.29) is 13.0 Å². The number of aliphatic hydroxyl groups excluding tert-OH is 3. The van der Waals surface area contributed by atoms with Gasteiger partial charge in [0.15, 0.2) is 11.9 Å². The molecule has 18 heavy (non-hydrogen) atoms. The number of urea groups is 1. The first-order valence-electron chi connectivity index (χ1n) is 5.76. The van der Waals surface area contributed by atoms with Crippen LogP contribution >= 0.6 is 0 Å². The number of aliphatic hydroxyl groups is 3. The maximum absolute atomic E-state index is 14.4. The van der Waals surface area contributed by atoms with Gasteiger partial charge in [0.2, 0.25) is 0 Å². The van der Waals surface area contributed by atoms with Crippen molar-refractivity contribution in [3.05, 3.63) is 0 Å². The van der Waals surface area contributed by atoms with Crippen LogP contribution in [0.4, 0.5) is 9.18 Å². The number of ether oxygens (including phenoxy) is 1. The van der Waals surface area contributed by atoms with E-state index in [0.29, 0.717) is 0 Å². The average Bonchev–Trinajstić information content (AvgIpc) is 2.52. The molecule has 2 unspecified atom stereocenters. The number of amides is 2. The Labute approximate surface area is 103 Å². The largest absolute Gasteiger partial charge is 0.394 e. The van der Waals surface area contributed by atoms with Gasteiger partial charge in [0.05, 0.1) is 6.61 Å². The van der Waals surface area contributed by atoms with Crippen molar-refractivity contribution in [3.63, 3.8) is 0 Å². The van der Waals surface area contributed by atoms with E-state index in [1.807, 2.05) is 0 Å². The Bertz CT molecular complexity index is 340. The molecule has 0 aromatic carbocycles. The molecule has 104 valence electrons. The van der Waals surface area contributed by atoms with Gasteiger partial charge in [0.25, 0.3) is 0 Å². The van der Waals surface area contributed by atoms with E-state index in [1.54, 1.807) is 0 Å². The molecule has 8 heteroatoms. The second-order valence-electron chi connectivity index (χ2n) is 4.75. The van der Waals surface area contributed by atoms with Crippen molar-refractivity contribution in [3.8, 4) is 0 Å². The van der Waals surface area contributed by atoms with Crippen LogP contribution in [0.5, 0.6) is 0 Å². The van der Waals surface area contributed by atoms with Crippen LogP contribution in [-0.4, -0.2) is 69.7 Å². The summed E-state index contributed by atoms with van der Waals surface area (Å²) in [4.78, 5) is 12.7. The molecule has 2 rings (SSSR count). The smallest absolute Gasteiger partial charge is 0.321 e. The zero-order chi connectivity index (χ0) is 13.5. The van der Waals surface area contributed by atoms with Crippen LogP contribution in [-0.2, 0) is 4.74 Å². The fourth-order valence-electron chi connectivity index (χ4n) is 2.29. The van der Waals surface area contributed by atoms with Crippen LogP contribution in [0.15, 0.2) is 0 Å². The zero-order valence-corrected chi connectivity index (χ0v) is 9.91. The minimum Gasteiger partial charge on any atom is -0.394 e. The number of carbonyl (C=O) groups excluding carboxylic acids is 1. The Hall–Kier alpha value is -0.960. The van der Waals surface area contributed by atoms with E-state index in [1.165, 1.54) is 0 Å². The summed E-state index contributed by atoms with van der Waals surface area (Å²) in [6.07, 6.45) is -4.57. The summed E-state index contributed by atoms with van der Waals surface area (Å²) in [6.45, 7) is 0.702. The van der Waals surface area contributed by atoms with Gasteiger partial charge < -0.3 is 25.4 Å². The highest BCUT2D eigenvalue weighted by Crippen LogP contribution is 2.36. The number of carbonyl (C=O) groups is 1. The predicted molar refractivity (Wildman–Crippen MR) is 57.1 cm³/mol. The van der Waals surface area contributed by atoms with Crippen LogP contribution in [0, 0.1) is 0 Å². The van der Waals surface area contributed by atoms with Crippen LogP contribution in [0.2, 0.25) is 0 Å². The normalized spacial score (nSPS) is 45.2. The predicted octanol–water partition coefficient (Wildman–Crippen LogP) is -1.47. The van der Waals surface area contributed by atoms with Gasteiger partial charge in [-0.15, -0.1) is 0 Å². The lowest BCUT2D eigenvalue weighted by atomic mass is 9.97. The topological polar surface area (TPSA) is 102 Å². The van der Waals surface area contributed by atoms with Crippen molar-refractivity contribution in [2.75, 3.05) is 13.2 Å². The standard InChI is InChI=1S/C10H17FN2O5/c1-10(11)7(16)5(4-14)18-8(10)13-3-2-6(15)12-9(13)17/h5-8,14-16H,2-4H2,1H3,(H,12,17)/t5-,6?,7-,8?,10+/m1/s1. The minimum absolute atomic E-state index is 0.113. The number of nitrogens with one attached hydrogen (secondary N) is 1. The molecular weight excluding hydrogens is 247 g/mol. The van der Waals surface area contributed by atoms with Gasteiger partial charge in [-0.2, -0.15) is 0 Å².